The predicted octanol–water partition coefficient (Wildman–Crippen LogP) is 2.83. The van der Waals surface area contributed by atoms with E-state index in [9.17, 15) is 9.59 Å². The molecule has 4 rings (SSSR count). The van der Waals surface area contributed by atoms with Gasteiger partial charge in [-0.2, -0.15) is 5.10 Å². The molecule has 1 saturated heterocycles. The molecule has 2 aromatic rings. The van der Waals surface area contributed by atoms with Gasteiger partial charge in [-0.05, 0) is 29.8 Å². The molecule has 2 aliphatic heterocycles. The summed E-state index contributed by atoms with van der Waals surface area (Å²) in [4.78, 5) is 31.3. The summed E-state index contributed by atoms with van der Waals surface area (Å²) in [6.07, 6.45) is 0.748. The fraction of sp³-hybridized carbons (Fsp3) is 0.450. The fourth-order valence-electron chi connectivity index (χ4n) is 3.67. The van der Waals surface area contributed by atoms with E-state index in [1.165, 1.54) is 0 Å². The number of piperazine rings is 1. The Bertz CT molecular complexity index is 858. The molecule has 0 radical (unpaired) electrons. The lowest BCUT2D eigenvalue weighted by atomic mass is 10.1. The first-order chi connectivity index (χ1) is 14.2. The number of rotatable bonds is 5. The van der Waals surface area contributed by atoms with Crippen LogP contribution in [-0.2, 0) is 4.79 Å². The van der Waals surface area contributed by atoms with E-state index in [2.05, 4.69) is 22.3 Å². The third kappa shape index (κ3) is 4.52. The standard InChI is InChI=1S/C20H25N5O2S2/c1-2-21-20(27)24-9-7-23(8-10-24)14-19(26)25-16(18-6-4-12-29-18)13-15(22-25)17-5-3-11-28-17/h3-6,11-12,16H,2,7-10,13-14H2,1H3,(H,21,27). The van der Waals surface area contributed by atoms with Crippen LogP contribution in [0.2, 0.25) is 0 Å². The quantitative estimate of drug-likeness (QED) is 0.792. The second kappa shape index (κ2) is 9.06. The van der Waals surface area contributed by atoms with E-state index in [-0.39, 0.29) is 18.0 Å². The Hall–Kier alpha value is -2.23. The van der Waals surface area contributed by atoms with Crippen molar-refractivity contribution in [2.75, 3.05) is 39.3 Å². The SMILES string of the molecule is CCNC(=O)N1CCN(CC(=O)N2N=C(c3cccs3)CC2c2cccs2)CC1. The van der Waals surface area contributed by atoms with Crippen LogP contribution in [0.3, 0.4) is 0 Å². The van der Waals surface area contributed by atoms with Crippen LogP contribution in [0.5, 0.6) is 0 Å². The maximum atomic E-state index is 13.1. The molecule has 0 aliphatic carbocycles. The number of amides is 3. The maximum Gasteiger partial charge on any atom is 0.317 e. The molecule has 154 valence electrons. The third-order valence-electron chi connectivity index (χ3n) is 5.19. The van der Waals surface area contributed by atoms with Crippen LogP contribution >= 0.6 is 22.7 Å². The summed E-state index contributed by atoms with van der Waals surface area (Å²) in [6.45, 7) is 5.53. The number of thiophene rings is 2. The number of hydrazone groups is 1. The average Bonchev–Trinajstić information content (AvgIpc) is 3.49. The number of carbonyl (C=O) groups excluding carboxylic acids is 2. The summed E-state index contributed by atoms with van der Waals surface area (Å²) in [5.41, 5.74) is 0.979. The molecule has 0 saturated carbocycles. The van der Waals surface area contributed by atoms with Crippen LogP contribution in [0.4, 0.5) is 4.79 Å². The van der Waals surface area contributed by atoms with Gasteiger partial charge in [0.25, 0.3) is 5.91 Å². The molecule has 7 nitrogen and oxygen atoms in total. The smallest absolute Gasteiger partial charge is 0.317 e. The number of hydrogen-bond acceptors (Lipinski definition) is 6. The van der Waals surface area contributed by atoms with E-state index in [4.69, 9.17) is 5.10 Å². The zero-order chi connectivity index (χ0) is 20.2. The molecule has 9 heteroatoms. The summed E-state index contributed by atoms with van der Waals surface area (Å²) in [6, 6.07) is 8.11. The first-order valence-electron chi connectivity index (χ1n) is 9.87. The van der Waals surface area contributed by atoms with Gasteiger partial charge >= 0.3 is 6.03 Å². The average molecular weight is 432 g/mol. The van der Waals surface area contributed by atoms with Gasteiger partial charge in [-0.3, -0.25) is 9.69 Å². The molecule has 0 spiro atoms. The lowest BCUT2D eigenvalue weighted by Gasteiger charge is -2.35. The Balaban J connectivity index is 1.41. The number of nitrogens with one attached hydrogen (secondary N) is 1. The fourth-order valence-corrected chi connectivity index (χ4v) is 5.20. The van der Waals surface area contributed by atoms with Crippen LogP contribution in [0.1, 0.15) is 29.1 Å². The topological polar surface area (TPSA) is 68.2 Å². The highest BCUT2D eigenvalue weighted by Crippen LogP contribution is 2.36. The highest BCUT2D eigenvalue weighted by Gasteiger charge is 2.35. The van der Waals surface area contributed by atoms with Crippen LogP contribution in [-0.4, -0.2) is 71.7 Å². The Morgan fingerprint density at radius 1 is 1.14 bits per heavy atom. The van der Waals surface area contributed by atoms with Crippen LogP contribution in [0.25, 0.3) is 0 Å². The van der Waals surface area contributed by atoms with Gasteiger partial charge in [-0.15, -0.1) is 22.7 Å². The second-order valence-electron chi connectivity index (χ2n) is 7.10. The van der Waals surface area contributed by atoms with Gasteiger partial charge in [-0.25, -0.2) is 9.80 Å². The molecule has 1 N–H and O–H groups in total. The number of hydrogen-bond donors (Lipinski definition) is 1. The molecular weight excluding hydrogens is 406 g/mol. The lowest BCUT2D eigenvalue weighted by Crippen LogP contribution is -2.53. The van der Waals surface area contributed by atoms with E-state index in [0.29, 0.717) is 39.3 Å². The monoisotopic (exact) mass is 431 g/mol. The van der Waals surface area contributed by atoms with Gasteiger partial charge in [0.05, 0.1) is 23.2 Å². The van der Waals surface area contributed by atoms with Crippen LogP contribution < -0.4 is 5.32 Å². The second-order valence-corrected chi connectivity index (χ2v) is 9.02. The number of nitrogens with zero attached hydrogens (tertiary/aromatic N) is 4. The third-order valence-corrected chi connectivity index (χ3v) is 7.08. The summed E-state index contributed by atoms with van der Waals surface area (Å²) in [7, 11) is 0. The molecule has 0 aromatic carbocycles. The van der Waals surface area contributed by atoms with Crippen LogP contribution in [0.15, 0.2) is 40.1 Å². The Morgan fingerprint density at radius 2 is 1.90 bits per heavy atom. The van der Waals surface area contributed by atoms with E-state index < -0.39 is 0 Å². The van der Waals surface area contributed by atoms with Crippen LogP contribution in [0, 0.1) is 0 Å². The van der Waals surface area contributed by atoms with Crippen molar-refractivity contribution < 1.29 is 9.59 Å². The van der Waals surface area contributed by atoms with Crippen molar-refractivity contribution in [1.82, 2.24) is 20.1 Å². The summed E-state index contributed by atoms with van der Waals surface area (Å²) >= 11 is 3.32. The minimum Gasteiger partial charge on any atom is -0.338 e. The summed E-state index contributed by atoms with van der Waals surface area (Å²) in [5.74, 6) is 0.0152. The minimum atomic E-state index is -0.0313. The van der Waals surface area contributed by atoms with E-state index in [1.54, 1.807) is 27.7 Å². The highest BCUT2D eigenvalue weighted by molar-refractivity contribution is 7.12. The van der Waals surface area contributed by atoms with Crippen molar-refractivity contribution in [3.05, 3.63) is 44.8 Å². The van der Waals surface area contributed by atoms with Gasteiger partial charge in [0, 0.05) is 44.0 Å². The molecule has 1 atom stereocenters. The summed E-state index contributed by atoms with van der Waals surface area (Å²) < 4.78 is 0. The van der Waals surface area contributed by atoms with E-state index in [1.807, 2.05) is 34.7 Å². The largest absolute Gasteiger partial charge is 0.338 e. The number of urea groups is 1. The number of carbonyl (C=O) groups is 2. The first kappa shape index (κ1) is 20.1. The van der Waals surface area contributed by atoms with Crippen molar-refractivity contribution in [3.63, 3.8) is 0 Å². The Morgan fingerprint density at radius 3 is 2.55 bits per heavy atom. The zero-order valence-corrected chi connectivity index (χ0v) is 18.0. The van der Waals surface area contributed by atoms with Gasteiger partial charge < -0.3 is 10.2 Å². The predicted molar refractivity (Wildman–Crippen MR) is 116 cm³/mol. The van der Waals surface area contributed by atoms with Crippen molar-refractivity contribution in [2.24, 2.45) is 5.10 Å². The van der Waals surface area contributed by atoms with Crippen molar-refractivity contribution in [3.8, 4) is 0 Å². The Labute approximate surface area is 178 Å². The molecule has 2 aromatic heterocycles. The summed E-state index contributed by atoms with van der Waals surface area (Å²) in [5, 5.41) is 13.3. The van der Waals surface area contributed by atoms with Crippen molar-refractivity contribution in [2.45, 2.75) is 19.4 Å². The zero-order valence-electron chi connectivity index (χ0n) is 16.4. The molecule has 1 fully saturated rings. The van der Waals surface area contributed by atoms with Gasteiger partial charge in [0.2, 0.25) is 0 Å². The minimum absolute atomic E-state index is 0.0152. The van der Waals surface area contributed by atoms with Gasteiger partial charge in [-0.1, -0.05) is 12.1 Å². The van der Waals surface area contributed by atoms with Gasteiger partial charge in [0.1, 0.15) is 0 Å². The molecular formula is C20H25N5O2S2. The van der Waals surface area contributed by atoms with Crippen molar-refractivity contribution in [1.29, 1.82) is 0 Å². The molecule has 2 aliphatic rings. The molecule has 3 amide bonds. The first-order valence-corrected chi connectivity index (χ1v) is 11.6. The highest BCUT2D eigenvalue weighted by atomic mass is 32.1. The Kier molecular flexibility index (Phi) is 6.27. The molecule has 4 heterocycles. The van der Waals surface area contributed by atoms with E-state index in [0.717, 1.165) is 21.9 Å². The van der Waals surface area contributed by atoms with Gasteiger partial charge in [0.15, 0.2) is 0 Å². The molecule has 29 heavy (non-hydrogen) atoms. The van der Waals surface area contributed by atoms with E-state index >= 15 is 0 Å². The lowest BCUT2D eigenvalue weighted by molar-refractivity contribution is -0.134. The maximum absolute atomic E-state index is 13.1. The molecule has 0 bridgehead atoms. The normalized spacial score (nSPS) is 20.0. The van der Waals surface area contributed by atoms with Crippen molar-refractivity contribution >= 4 is 40.3 Å². The molecule has 1 unspecified atom stereocenters.